The number of carbonyl (C=O) groups is 2. The summed E-state index contributed by atoms with van der Waals surface area (Å²) in [5.41, 5.74) is 11.4. The first kappa shape index (κ1) is 25.8. The van der Waals surface area contributed by atoms with E-state index in [1.165, 1.54) is 24.4 Å². The Balaban J connectivity index is 1.86. The van der Waals surface area contributed by atoms with Crippen molar-refractivity contribution < 1.29 is 28.3 Å². The van der Waals surface area contributed by atoms with Crippen molar-refractivity contribution in [3.05, 3.63) is 60.2 Å². The van der Waals surface area contributed by atoms with Gasteiger partial charge in [-0.15, -0.1) is 0 Å². The van der Waals surface area contributed by atoms with Crippen molar-refractivity contribution in [2.75, 3.05) is 20.8 Å². The third-order valence-corrected chi connectivity index (χ3v) is 4.35. The van der Waals surface area contributed by atoms with Crippen molar-refractivity contribution in [2.24, 2.45) is 16.5 Å². The van der Waals surface area contributed by atoms with E-state index in [1.807, 2.05) is 6.92 Å². The zero-order valence-corrected chi connectivity index (χ0v) is 19.8. The van der Waals surface area contributed by atoms with E-state index in [0.29, 0.717) is 29.5 Å². The molecule has 13 heteroatoms. The van der Waals surface area contributed by atoms with Crippen LogP contribution in [-0.4, -0.2) is 59.6 Å². The first-order valence-corrected chi connectivity index (χ1v) is 10.6. The van der Waals surface area contributed by atoms with Crippen LogP contribution < -0.4 is 26.3 Å². The Morgan fingerprint density at radius 1 is 1.19 bits per heavy atom. The molecule has 2 amide bonds. The summed E-state index contributed by atoms with van der Waals surface area (Å²) in [6.45, 7) is 2.16. The summed E-state index contributed by atoms with van der Waals surface area (Å²) in [6.07, 6.45) is 4.12. The normalized spacial score (nSPS) is 12.4. The Morgan fingerprint density at radius 2 is 1.97 bits per heavy atom. The smallest absolute Gasteiger partial charge is 0.290 e. The summed E-state index contributed by atoms with van der Waals surface area (Å²) < 4.78 is 21.8. The van der Waals surface area contributed by atoms with E-state index in [9.17, 15) is 9.59 Å². The second-order valence-corrected chi connectivity index (χ2v) is 7.31. The molecule has 1 unspecified atom stereocenters. The van der Waals surface area contributed by atoms with Gasteiger partial charge >= 0.3 is 0 Å². The first-order chi connectivity index (χ1) is 17.3. The number of nitrogens with zero attached hydrogens (tertiary/aromatic N) is 4. The minimum atomic E-state index is -0.818. The van der Waals surface area contributed by atoms with Crippen molar-refractivity contribution in [3.8, 4) is 28.8 Å². The SMILES string of the molecule is CN/C=C\C(N)=NC(=O)c1cc(Oc2ccc(-c3nc(C(N)=O)no3)nc2)cc(OC(C)COC)c1. The molecule has 2 aromatic heterocycles. The van der Waals surface area contributed by atoms with E-state index in [0.717, 1.165) is 0 Å². The number of pyridine rings is 1. The molecule has 1 aromatic carbocycles. The van der Waals surface area contributed by atoms with Crippen LogP contribution in [-0.2, 0) is 4.74 Å². The van der Waals surface area contributed by atoms with Gasteiger partial charge < -0.3 is 35.5 Å². The number of nitrogens with two attached hydrogens (primary N) is 2. The fraction of sp³-hybridized carbons (Fsp3) is 0.217. The van der Waals surface area contributed by atoms with E-state index in [2.05, 4.69) is 25.4 Å². The van der Waals surface area contributed by atoms with Crippen LogP contribution in [0.3, 0.4) is 0 Å². The van der Waals surface area contributed by atoms with Crippen LogP contribution >= 0.6 is 0 Å². The van der Waals surface area contributed by atoms with Gasteiger partial charge in [0.15, 0.2) is 0 Å². The van der Waals surface area contributed by atoms with Gasteiger partial charge in [-0.1, -0.05) is 5.16 Å². The number of amidine groups is 1. The lowest BCUT2D eigenvalue weighted by Gasteiger charge is -2.15. The number of ether oxygens (including phenoxy) is 3. The molecule has 0 fully saturated rings. The third kappa shape index (κ3) is 7.11. The molecule has 0 bridgehead atoms. The van der Waals surface area contributed by atoms with Crippen LogP contribution in [0.2, 0.25) is 0 Å². The molecule has 0 radical (unpaired) electrons. The summed E-state index contributed by atoms with van der Waals surface area (Å²) in [6, 6.07) is 7.80. The molecular weight excluding hydrogens is 470 g/mol. The van der Waals surface area contributed by atoms with E-state index < -0.39 is 11.8 Å². The summed E-state index contributed by atoms with van der Waals surface area (Å²) in [7, 11) is 3.25. The standard InChI is InChI=1S/C23H25N7O6/c1-13(12-33-3)34-16-8-14(22(32)28-19(24)6-7-26-2)9-17(10-16)35-15-4-5-18(27-11-15)23-29-21(20(25)31)30-36-23/h4-11,13,26H,12H2,1-3H3,(H2,25,31)(H2,24,28,32)/b7-6-. The zero-order chi connectivity index (χ0) is 26.1. The monoisotopic (exact) mass is 495 g/mol. The summed E-state index contributed by atoms with van der Waals surface area (Å²) >= 11 is 0. The quantitative estimate of drug-likeness (QED) is 0.259. The van der Waals surface area contributed by atoms with E-state index >= 15 is 0 Å². The van der Waals surface area contributed by atoms with Crippen molar-refractivity contribution in [1.82, 2.24) is 20.4 Å². The fourth-order valence-corrected chi connectivity index (χ4v) is 2.84. The van der Waals surface area contributed by atoms with Crippen molar-refractivity contribution in [3.63, 3.8) is 0 Å². The molecule has 1 atom stereocenters. The Hall–Kier alpha value is -4.78. The number of aromatic nitrogens is 3. The molecule has 3 aromatic rings. The zero-order valence-electron chi connectivity index (χ0n) is 19.8. The van der Waals surface area contributed by atoms with Gasteiger partial charge in [-0.2, -0.15) is 9.98 Å². The average Bonchev–Trinajstić information content (AvgIpc) is 3.34. The number of primary amides is 1. The van der Waals surface area contributed by atoms with Crippen LogP contribution in [0.25, 0.3) is 11.6 Å². The summed E-state index contributed by atoms with van der Waals surface area (Å²) in [5, 5.41) is 6.24. The third-order valence-electron chi connectivity index (χ3n) is 4.35. The first-order valence-electron chi connectivity index (χ1n) is 10.6. The van der Waals surface area contributed by atoms with E-state index in [1.54, 1.807) is 38.6 Å². The molecule has 0 aliphatic heterocycles. The second kappa shape index (κ2) is 12.1. The molecule has 0 spiro atoms. The molecule has 5 N–H and O–H groups in total. The molecular formula is C23H25N7O6. The van der Waals surface area contributed by atoms with Crippen LogP contribution in [0.1, 0.15) is 27.9 Å². The maximum atomic E-state index is 12.7. The van der Waals surface area contributed by atoms with Crippen molar-refractivity contribution in [1.29, 1.82) is 0 Å². The summed E-state index contributed by atoms with van der Waals surface area (Å²) in [4.78, 5) is 35.8. The molecule has 36 heavy (non-hydrogen) atoms. The number of benzene rings is 1. The highest BCUT2D eigenvalue weighted by molar-refractivity contribution is 6.06. The lowest BCUT2D eigenvalue weighted by molar-refractivity contribution is 0.0915. The number of nitrogens with one attached hydrogen (secondary N) is 1. The second-order valence-electron chi connectivity index (χ2n) is 7.31. The molecule has 3 rings (SSSR count). The maximum absolute atomic E-state index is 12.7. The highest BCUT2D eigenvalue weighted by Gasteiger charge is 2.15. The van der Waals surface area contributed by atoms with Gasteiger partial charge in [-0.05, 0) is 43.5 Å². The predicted molar refractivity (Wildman–Crippen MR) is 129 cm³/mol. The van der Waals surface area contributed by atoms with Gasteiger partial charge in [-0.25, -0.2) is 4.98 Å². The number of carbonyl (C=O) groups excluding carboxylic acids is 2. The molecule has 0 saturated heterocycles. The topological polar surface area (TPSA) is 190 Å². The Morgan fingerprint density at radius 3 is 2.61 bits per heavy atom. The lowest BCUT2D eigenvalue weighted by Crippen LogP contribution is -2.18. The Kier molecular flexibility index (Phi) is 8.67. The number of hydrogen-bond donors (Lipinski definition) is 3. The molecule has 2 heterocycles. The molecule has 0 aliphatic carbocycles. The van der Waals surface area contributed by atoms with Gasteiger partial charge in [-0.3, -0.25) is 9.59 Å². The largest absolute Gasteiger partial charge is 0.488 e. The molecule has 13 nitrogen and oxygen atoms in total. The van der Waals surface area contributed by atoms with Gasteiger partial charge in [0.05, 0.1) is 12.8 Å². The van der Waals surface area contributed by atoms with Crippen LogP contribution in [0.4, 0.5) is 0 Å². The van der Waals surface area contributed by atoms with Gasteiger partial charge in [0.1, 0.15) is 34.9 Å². The van der Waals surface area contributed by atoms with Gasteiger partial charge in [0.25, 0.3) is 23.5 Å². The molecule has 188 valence electrons. The molecule has 0 aliphatic rings. The lowest BCUT2D eigenvalue weighted by atomic mass is 10.2. The highest BCUT2D eigenvalue weighted by atomic mass is 16.5. The minimum absolute atomic E-state index is 0.0218. The average molecular weight is 495 g/mol. The van der Waals surface area contributed by atoms with Crippen molar-refractivity contribution in [2.45, 2.75) is 13.0 Å². The van der Waals surface area contributed by atoms with Crippen LogP contribution in [0.5, 0.6) is 17.2 Å². The number of hydrogen-bond acceptors (Lipinski definition) is 10. The Labute approximate surface area is 206 Å². The van der Waals surface area contributed by atoms with Crippen molar-refractivity contribution >= 4 is 17.6 Å². The minimum Gasteiger partial charge on any atom is -0.488 e. The Bertz CT molecular complexity index is 1270. The predicted octanol–water partition coefficient (Wildman–Crippen LogP) is 1.67. The van der Waals surface area contributed by atoms with E-state index in [4.69, 9.17) is 30.2 Å². The van der Waals surface area contributed by atoms with E-state index in [-0.39, 0.29) is 29.2 Å². The van der Waals surface area contributed by atoms with Gasteiger partial charge in [0, 0.05) is 25.8 Å². The fourth-order valence-electron chi connectivity index (χ4n) is 2.84. The summed E-state index contributed by atoms with van der Waals surface area (Å²) in [5.74, 6) is -0.607. The highest BCUT2D eigenvalue weighted by Crippen LogP contribution is 2.29. The number of rotatable bonds is 11. The number of amides is 2. The molecule has 0 saturated carbocycles. The maximum Gasteiger partial charge on any atom is 0.290 e. The van der Waals surface area contributed by atoms with Gasteiger partial charge in [0.2, 0.25) is 0 Å². The van der Waals surface area contributed by atoms with Crippen LogP contribution in [0, 0.1) is 0 Å². The number of aliphatic imine (C=N–C) groups is 1. The number of methoxy groups -OCH3 is 1. The van der Waals surface area contributed by atoms with Crippen LogP contribution in [0.15, 0.2) is 58.3 Å².